The molecular formula is C11H15ClO2S. The van der Waals surface area contributed by atoms with Crippen molar-refractivity contribution in [1.29, 1.82) is 0 Å². The molecule has 0 bridgehead atoms. The molecule has 0 aliphatic rings. The van der Waals surface area contributed by atoms with Crippen LogP contribution in [0.1, 0.15) is 30.5 Å². The maximum absolute atomic E-state index is 11.0. The molecule has 0 saturated heterocycles. The molecule has 15 heavy (non-hydrogen) atoms. The van der Waals surface area contributed by atoms with Crippen molar-refractivity contribution in [1.82, 2.24) is 0 Å². The van der Waals surface area contributed by atoms with Crippen molar-refractivity contribution in [3.8, 4) is 0 Å². The number of halogens is 1. The van der Waals surface area contributed by atoms with Crippen LogP contribution in [0, 0.1) is 0 Å². The van der Waals surface area contributed by atoms with Gasteiger partial charge < -0.3 is 0 Å². The fourth-order valence-electron chi connectivity index (χ4n) is 1.56. The van der Waals surface area contributed by atoms with Crippen molar-refractivity contribution >= 4 is 19.7 Å². The molecule has 0 aromatic heterocycles. The summed E-state index contributed by atoms with van der Waals surface area (Å²) in [6.45, 7) is 4.05. The van der Waals surface area contributed by atoms with Crippen LogP contribution in [-0.4, -0.2) is 8.42 Å². The molecule has 0 fully saturated rings. The second kappa shape index (κ2) is 4.99. The van der Waals surface area contributed by atoms with Crippen molar-refractivity contribution in [2.75, 3.05) is 0 Å². The molecule has 0 radical (unpaired) electrons. The second-order valence-corrected chi connectivity index (χ2v) is 6.27. The molecule has 0 spiro atoms. The molecule has 2 nitrogen and oxygen atoms in total. The fraction of sp³-hybridized carbons (Fsp3) is 0.455. The smallest absolute Gasteiger partial charge is 0.212 e. The monoisotopic (exact) mass is 246 g/mol. The number of aryl methyl sites for hydroxylation is 2. The summed E-state index contributed by atoms with van der Waals surface area (Å²) < 4.78 is 22.1. The van der Waals surface area contributed by atoms with E-state index in [1.165, 1.54) is 0 Å². The maximum atomic E-state index is 11.0. The molecule has 0 heterocycles. The van der Waals surface area contributed by atoms with Crippen LogP contribution in [0.5, 0.6) is 0 Å². The summed E-state index contributed by atoms with van der Waals surface area (Å²) in [6.07, 6.45) is 1.73. The minimum absolute atomic E-state index is 0.0778. The lowest BCUT2D eigenvalue weighted by molar-refractivity contribution is 0.608. The minimum Gasteiger partial charge on any atom is -0.212 e. The first-order valence-corrected chi connectivity index (χ1v) is 7.47. The van der Waals surface area contributed by atoms with E-state index in [1.807, 2.05) is 32.0 Å². The van der Waals surface area contributed by atoms with Crippen LogP contribution in [0.25, 0.3) is 0 Å². The van der Waals surface area contributed by atoms with Crippen LogP contribution in [-0.2, 0) is 27.6 Å². The third-order valence-corrected chi connectivity index (χ3v) is 3.37. The van der Waals surface area contributed by atoms with Gasteiger partial charge in [0.25, 0.3) is 0 Å². The van der Waals surface area contributed by atoms with E-state index in [9.17, 15) is 8.42 Å². The zero-order chi connectivity index (χ0) is 11.5. The molecule has 0 atom stereocenters. The first-order chi connectivity index (χ1) is 6.96. The van der Waals surface area contributed by atoms with Crippen molar-refractivity contribution < 1.29 is 8.42 Å². The summed E-state index contributed by atoms with van der Waals surface area (Å²) in [5, 5.41) is 0. The molecule has 0 aliphatic carbocycles. The highest BCUT2D eigenvalue weighted by Gasteiger charge is 2.10. The van der Waals surface area contributed by atoms with E-state index in [0.29, 0.717) is 0 Å². The molecule has 84 valence electrons. The molecule has 4 heteroatoms. The molecule has 1 rings (SSSR count). The fourth-order valence-corrected chi connectivity index (χ4v) is 2.56. The van der Waals surface area contributed by atoms with Crippen LogP contribution in [0.3, 0.4) is 0 Å². The van der Waals surface area contributed by atoms with Crippen LogP contribution in [0.2, 0.25) is 0 Å². The first kappa shape index (κ1) is 12.5. The summed E-state index contributed by atoms with van der Waals surface area (Å²) in [6, 6.07) is 5.94. The van der Waals surface area contributed by atoms with Gasteiger partial charge >= 0.3 is 0 Å². The number of rotatable bonds is 4. The van der Waals surface area contributed by atoms with Gasteiger partial charge in [-0.15, -0.1) is 0 Å². The van der Waals surface area contributed by atoms with Crippen LogP contribution in [0.15, 0.2) is 18.2 Å². The average molecular weight is 247 g/mol. The normalized spacial score (nSPS) is 11.7. The van der Waals surface area contributed by atoms with Crippen LogP contribution in [0.4, 0.5) is 0 Å². The Kier molecular flexibility index (Phi) is 4.17. The molecule has 0 aliphatic heterocycles. The van der Waals surface area contributed by atoms with E-state index in [0.717, 1.165) is 29.5 Å². The maximum Gasteiger partial charge on any atom is 0.236 e. The molecule has 0 unspecified atom stereocenters. The summed E-state index contributed by atoms with van der Waals surface area (Å²) >= 11 is 0. The van der Waals surface area contributed by atoms with Gasteiger partial charge in [-0.3, -0.25) is 0 Å². The van der Waals surface area contributed by atoms with Crippen molar-refractivity contribution in [2.24, 2.45) is 0 Å². The van der Waals surface area contributed by atoms with Gasteiger partial charge in [-0.1, -0.05) is 32.0 Å². The molecular weight excluding hydrogens is 232 g/mol. The molecule has 1 aromatic carbocycles. The molecule has 1 aromatic rings. The van der Waals surface area contributed by atoms with E-state index in [4.69, 9.17) is 10.7 Å². The number of benzene rings is 1. The van der Waals surface area contributed by atoms with Gasteiger partial charge in [0.2, 0.25) is 9.05 Å². The Morgan fingerprint density at radius 2 is 1.80 bits per heavy atom. The third kappa shape index (κ3) is 3.84. The first-order valence-electron chi connectivity index (χ1n) is 4.99. The zero-order valence-corrected chi connectivity index (χ0v) is 10.5. The minimum atomic E-state index is -3.46. The standard InChI is InChI=1S/C11H15ClO2S/c1-3-9-5-6-10(4-2)11(7-9)8-15(12,13)14/h5-7H,3-4,8H2,1-2H3. The number of hydrogen-bond acceptors (Lipinski definition) is 2. The van der Waals surface area contributed by atoms with Gasteiger partial charge in [0, 0.05) is 10.7 Å². The second-order valence-electron chi connectivity index (χ2n) is 3.49. The van der Waals surface area contributed by atoms with E-state index in [-0.39, 0.29) is 5.75 Å². The highest BCUT2D eigenvalue weighted by molar-refractivity contribution is 8.13. The van der Waals surface area contributed by atoms with Gasteiger partial charge in [-0.25, -0.2) is 8.42 Å². The summed E-state index contributed by atoms with van der Waals surface area (Å²) in [5.74, 6) is -0.0778. The highest BCUT2D eigenvalue weighted by atomic mass is 35.7. The van der Waals surface area contributed by atoms with Gasteiger partial charge in [-0.2, -0.15) is 0 Å². The quantitative estimate of drug-likeness (QED) is 0.766. The van der Waals surface area contributed by atoms with E-state index in [1.54, 1.807) is 0 Å². The Morgan fingerprint density at radius 1 is 1.13 bits per heavy atom. The average Bonchev–Trinajstić information content (AvgIpc) is 2.15. The summed E-state index contributed by atoms with van der Waals surface area (Å²) in [4.78, 5) is 0. The largest absolute Gasteiger partial charge is 0.236 e. The Hall–Kier alpha value is -0.540. The lowest BCUT2D eigenvalue weighted by Crippen LogP contribution is -2.00. The van der Waals surface area contributed by atoms with Crippen molar-refractivity contribution in [3.05, 3.63) is 34.9 Å². The topological polar surface area (TPSA) is 34.1 Å². The molecule has 0 N–H and O–H groups in total. The van der Waals surface area contributed by atoms with Crippen LogP contribution < -0.4 is 0 Å². The summed E-state index contributed by atoms with van der Waals surface area (Å²) in [5.41, 5.74) is 3.02. The zero-order valence-electron chi connectivity index (χ0n) is 8.96. The lowest BCUT2D eigenvalue weighted by atomic mass is 10.0. The van der Waals surface area contributed by atoms with Gasteiger partial charge in [0.15, 0.2) is 0 Å². The number of hydrogen-bond donors (Lipinski definition) is 0. The SMILES string of the molecule is CCc1ccc(CC)c(CS(=O)(=O)Cl)c1. The van der Waals surface area contributed by atoms with Gasteiger partial charge in [-0.05, 0) is 29.5 Å². The third-order valence-electron chi connectivity index (χ3n) is 2.39. The molecule has 0 amide bonds. The van der Waals surface area contributed by atoms with Gasteiger partial charge in [0.1, 0.15) is 0 Å². The lowest BCUT2D eigenvalue weighted by Gasteiger charge is -2.08. The highest BCUT2D eigenvalue weighted by Crippen LogP contribution is 2.18. The Labute approximate surface area is 95.7 Å². The molecule has 0 saturated carbocycles. The predicted molar refractivity (Wildman–Crippen MR) is 63.7 cm³/mol. The van der Waals surface area contributed by atoms with E-state index >= 15 is 0 Å². The Morgan fingerprint density at radius 3 is 2.27 bits per heavy atom. The predicted octanol–water partition coefficient (Wildman–Crippen LogP) is 2.88. The van der Waals surface area contributed by atoms with E-state index in [2.05, 4.69) is 0 Å². The van der Waals surface area contributed by atoms with Gasteiger partial charge in [0.05, 0.1) is 5.75 Å². The summed E-state index contributed by atoms with van der Waals surface area (Å²) in [7, 11) is 1.80. The Bertz CT molecular complexity index is 438. The van der Waals surface area contributed by atoms with E-state index < -0.39 is 9.05 Å². The van der Waals surface area contributed by atoms with Crippen LogP contribution >= 0.6 is 10.7 Å². The van der Waals surface area contributed by atoms with Crippen molar-refractivity contribution in [2.45, 2.75) is 32.4 Å². The van der Waals surface area contributed by atoms with Crippen molar-refractivity contribution in [3.63, 3.8) is 0 Å². The Balaban J connectivity index is 3.12.